The molecule has 1 heterocycles. The molecule has 1 N–H and O–H groups in total. The van der Waals surface area contributed by atoms with Gasteiger partial charge in [-0.05, 0) is 48.7 Å². The van der Waals surface area contributed by atoms with Crippen LogP contribution in [-0.2, 0) is 21.9 Å². The Labute approximate surface area is 215 Å². The molecule has 0 atom stereocenters. The van der Waals surface area contributed by atoms with E-state index in [2.05, 4.69) is 5.32 Å². The molecule has 1 saturated heterocycles. The van der Waals surface area contributed by atoms with Gasteiger partial charge in [-0.3, -0.25) is 4.79 Å². The first-order valence-corrected chi connectivity index (χ1v) is 12.7. The molecule has 37 heavy (non-hydrogen) atoms. The summed E-state index contributed by atoms with van der Waals surface area (Å²) >= 11 is 0.626. The zero-order chi connectivity index (χ0) is 26.6. The van der Waals surface area contributed by atoms with Crippen LogP contribution in [0, 0.1) is 0 Å². The summed E-state index contributed by atoms with van der Waals surface area (Å²) in [5.41, 5.74) is -3.58. The fraction of sp³-hybridized carbons (Fsp3) is 0.423. The van der Waals surface area contributed by atoms with E-state index >= 15 is 0 Å². The molecule has 2 aromatic rings. The predicted molar refractivity (Wildman–Crippen MR) is 129 cm³/mol. The monoisotopic (exact) mass is 544 g/mol. The van der Waals surface area contributed by atoms with Crippen molar-refractivity contribution in [2.75, 3.05) is 31.6 Å². The molecule has 0 aromatic heterocycles. The van der Waals surface area contributed by atoms with E-state index in [1.54, 1.807) is 24.3 Å². The highest BCUT2D eigenvalue weighted by Gasteiger charge is 2.46. The van der Waals surface area contributed by atoms with E-state index in [0.717, 1.165) is 50.0 Å². The summed E-state index contributed by atoms with van der Waals surface area (Å²) in [6.45, 7) is 1.09. The summed E-state index contributed by atoms with van der Waals surface area (Å²) in [5.74, 6) is -0.588. The number of hydrogen-bond acceptors (Lipinski definition) is 4. The molecule has 1 aliphatic heterocycles. The number of carbonyl (C=O) groups is 1. The Bertz CT molecular complexity index is 1140. The number of rotatable bonds is 6. The van der Waals surface area contributed by atoms with Gasteiger partial charge in [-0.25, -0.2) is 0 Å². The number of hydrogen-bond donors (Lipinski definition) is 1. The lowest BCUT2D eigenvalue weighted by Crippen LogP contribution is -2.39. The number of nitrogens with one attached hydrogen (secondary N) is 1. The topological polar surface area (TPSA) is 41.6 Å². The molecule has 2 aliphatic rings. The number of nitrogens with zero attached hydrogens (tertiary/aromatic N) is 1. The van der Waals surface area contributed by atoms with Crippen molar-refractivity contribution in [2.24, 2.45) is 0 Å². The van der Waals surface area contributed by atoms with Crippen LogP contribution in [0.25, 0.3) is 6.08 Å². The van der Waals surface area contributed by atoms with Crippen LogP contribution in [0.5, 0.6) is 0 Å². The van der Waals surface area contributed by atoms with E-state index in [-0.39, 0.29) is 32.3 Å². The third kappa shape index (κ3) is 7.01. The van der Waals surface area contributed by atoms with E-state index in [9.17, 15) is 31.1 Å². The number of halogens is 6. The minimum Gasteiger partial charge on any atom is -0.382 e. The SMILES string of the molecule is O=C(/C=C/c1ccc(Sc2cccc(NC3CCCC3)c2)c(C(F)(F)F)c1C(F)(F)F)N1CCOCC1. The van der Waals surface area contributed by atoms with Crippen molar-refractivity contribution in [1.82, 2.24) is 4.90 Å². The van der Waals surface area contributed by atoms with Gasteiger partial charge in [0.2, 0.25) is 5.91 Å². The van der Waals surface area contributed by atoms with Crippen LogP contribution in [0.15, 0.2) is 52.3 Å². The van der Waals surface area contributed by atoms with Crippen molar-refractivity contribution < 1.29 is 35.9 Å². The zero-order valence-electron chi connectivity index (χ0n) is 19.8. The van der Waals surface area contributed by atoms with Gasteiger partial charge in [0, 0.05) is 40.7 Å². The van der Waals surface area contributed by atoms with E-state index < -0.39 is 39.8 Å². The van der Waals surface area contributed by atoms with Gasteiger partial charge in [-0.15, -0.1) is 0 Å². The van der Waals surface area contributed by atoms with Crippen LogP contribution in [0.2, 0.25) is 0 Å². The largest absolute Gasteiger partial charge is 0.418 e. The molecule has 2 fully saturated rings. The quantitative estimate of drug-likeness (QED) is 0.311. The molecule has 4 nitrogen and oxygen atoms in total. The molecule has 1 amide bonds. The van der Waals surface area contributed by atoms with Crippen LogP contribution < -0.4 is 5.32 Å². The van der Waals surface area contributed by atoms with Gasteiger partial charge < -0.3 is 15.0 Å². The van der Waals surface area contributed by atoms with Crippen molar-refractivity contribution in [3.8, 4) is 0 Å². The normalized spacial score (nSPS) is 17.5. The summed E-state index contributed by atoms with van der Waals surface area (Å²) in [6, 6.07) is 8.93. The van der Waals surface area contributed by atoms with E-state index in [1.165, 1.54) is 4.90 Å². The molecule has 0 unspecified atom stereocenters. The average molecular weight is 545 g/mol. The maximum absolute atomic E-state index is 14.1. The van der Waals surface area contributed by atoms with Crippen molar-refractivity contribution >= 4 is 29.4 Å². The molecule has 0 bridgehead atoms. The number of carbonyl (C=O) groups excluding carboxylic acids is 1. The third-order valence-corrected chi connectivity index (χ3v) is 7.33. The Hall–Kier alpha value is -2.66. The molecule has 1 saturated carbocycles. The molecule has 1 aliphatic carbocycles. The standard InChI is InChI=1S/C26H26F6N2O2S/c27-25(28,29)23-17(9-11-22(35)34-12-14-36-15-13-34)8-10-21(24(23)26(30,31)32)37-20-7-3-6-19(16-20)33-18-4-1-2-5-18/h3,6-11,16,18,33H,1-2,4-5,12-15H2/b11-9+. The molecule has 0 spiro atoms. The van der Waals surface area contributed by atoms with Gasteiger partial charge in [0.1, 0.15) is 0 Å². The van der Waals surface area contributed by atoms with Crippen molar-refractivity contribution in [2.45, 2.75) is 53.9 Å². The van der Waals surface area contributed by atoms with E-state index in [4.69, 9.17) is 4.74 Å². The summed E-state index contributed by atoms with van der Waals surface area (Å²) in [7, 11) is 0. The lowest BCUT2D eigenvalue weighted by Gasteiger charge is -2.25. The third-order valence-electron chi connectivity index (χ3n) is 6.28. The maximum atomic E-state index is 14.1. The molecule has 2 aromatic carbocycles. The van der Waals surface area contributed by atoms with Crippen LogP contribution in [-0.4, -0.2) is 43.2 Å². The molecule has 200 valence electrons. The number of amides is 1. The summed E-state index contributed by atoms with van der Waals surface area (Å²) in [4.78, 5) is 13.5. The van der Waals surface area contributed by atoms with Crippen molar-refractivity contribution in [3.63, 3.8) is 0 Å². The smallest absolute Gasteiger partial charge is 0.382 e. The highest BCUT2D eigenvalue weighted by atomic mass is 32.2. The molecular weight excluding hydrogens is 518 g/mol. The van der Waals surface area contributed by atoms with Gasteiger partial charge in [0.25, 0.3) is 0 Å². The van der Waals surface area contributed by atoms with Crippen LogP contribution in [0.4, 0.5) is 32.0 Å². The summed E-state index contributed by atoms with van der Waals surface area (Å²) < 4.78 is 89.7. The highest BCUT2D eigenvalue weighted by molar-refractivity contribution is 7.99. The van der Waals surface area contributed by atoms with Gasteiger partial charge in [-0.1, -0.05) is 36.7 Å². The van der Waals surface area contributed by atoms with E-state index in [0.29, 0.717) is 22.3 Å². The number of benzene rings is 2. The lowest BCUT2D eigenvalue weighted by molar-refractivity contribution is -0.163. The minimum atomic E-state index is -5.30. The Balaban J connectivity index is 1.67. The second kappa shape index (κ2) is 11.4. The lowest BCUT2D eigenvalue weighted by atomic mass is 9.99. The number of anilines is 1. The molecule has 0 radical (unpaired) electrons. The number of alkyl halides is 6. The molecule has 11 heteroatoms. The highest BCUT2D eigenvalue weighted by Crippen LogP contribution is 2.48. The first-order valence-electron chi connectivity index (χ1n) is 11.9. The summed E-state index contributed by atoms with van der Waals surface area (Å²) in [5, 5.41) is 3.34. The zero-order valence-corrected chi connectivity index (χ0v) is 20.6. The van der Waals surface area contributed by atoms with Crippen molar-refractivity contribution in [3.05, 3.63) is 59.2 Å². The van der Waals surface area contributed by atoms with Crippen LogP contribution in [0.1, 0.15) is 42.4 Å². The Morgan fingerprint density at radius 1 is 0.973 bits per heavy atom. The molecule has 4 rings (SSSR count). The fourth-order valence-electron chi connectivity index (χ4n) is 4.54. The van der Waals surface area contributed by atoms with Crippen LogP contribution in [0.3, 0.4) is 0 Å². The van der Waals surface area contributed by atoms with Gasteiger partial charge in [-0.2, -0.15) is 26.3 Å². The average Bonchev–Trinajstić information content (AvgIpc) is 3.35. The number of morpholine rings is 1. The second-order valence-corrected chi connectivity index (χ2v) is 10.0. The second-order valence-electron chi connectivity index (χ2n) is 8.93. The van der Waals surface area contributed by atoms with E-state index in [1.807, 2.05) is 0 Å². The Morgan fingerprint density at radius 2 is 1.65 bits per heavy atom. The van der Waals surface area contributed by atoms with Crippen molar-refractivity contribution in [1.29, 1.82) is 0 Å². The fourth-order valence-corrected chi connectivity index (χ4v) is 5.59. The van der Waals surface area contributed by atoms with Gasteiger partial charge in [0.15, 0.2) is 0 Å². The predicted octanol–water partition coefficient (Wildman–Crippen LogP) is 7.10. The molecular formula is C26H26F6N2O2S. The first-order chi connectivity index (χ1) is 17.5. The van der Waals surface area contributed by atoms with Gasteiger partial charge in [0.05, 0.1) is 24.3 Å². The minimum absolute atomic E-state index is 0.257. The number of ether oxygens (including phenoxy) is 1. The first kappa shape index (κ1) is 27.4. The van der Waals surface area contributed by atoms with Crippen LogP contribution >= 0.6 is 11.8 Å². The Morgan fingerprint density at radius 3 is 2.30 bits per heavy atom. The summed E-state index contributed by atoms with van der Waals surface area (Å²) in [6.07, 6.45) is -4.71. The van der Waals surface area contributed by atoms with Gasteiger partial charge >= 0.3 is 12.4 Å². The maximum Gasteiger partial charge on any atom is 0.418 e. The Kier molecular flexibility index (Phi) is 8.42.